The van der Waals surface area contributed by atoms with Gasteiger partial charge in [-0.05, 0) is 42.0 Å². The third-order valence-electron chi connectivity index (χ3n) is 3.40. The fourth-order valence-electron chi connectivity index (χ4n) is 2.22. The first-order chi connectivity index (χ1) is 12.1. The summed E-state index contributed by atoms with van der Waals surface area (Å²) in [5, 5.41) is 3.22. The molecule has 0 aliphatic carbocycles. The molecule has 0 spiro atoms. The lowest BCUT2D eigenvalue weighted by molar-refractivity contribution is 0.0474. The number of nitrogens with one attached hydrogen (secondary N) is 1. The summed E-state index contributed by atoms with van der Waals surface area (Å²) in [6.45, 7) is 0.0832. The summed E-state index contributed by atoms with van der Waals surface area (Å²) in [5.41, 5.74) is 1.38. The minimum atomic E-state index is -0.546. The van der Waals surface area contributed by atoms with Crippen LogP contribution in [0.5, 0.6) is 0 Å². The Morgan fingerprint density at radius 1 is 1.04 bits per heavy atom. The number of hydrogen-bond donors (Lipinski definition) is 1. The molecule has 0 aliphatic rings. The number of hydrogen-bond acceptors (Lipinski definition) is 4. The molecule has 0 bridgehead atoms. The molecule has 0 radical (unpaired) electrons. The Kier molecular flexibility index (Phi) is 5.16. The number of carbonyl (C=O) groups excluding carboxylic acids is 2. The molecule has 3 aromatic rings. The lowest BCUT2D eigenvalue weighted by atomic mass is 10.1. The zero-order valence-electron chi connectivity index (χ0n) is 13.1. The van der Waals surface area contributed by atoms with Gasteiger partial charge in [-0.1, -0.05) is 35.9 Å². The van der Waals surface area contributed by atoms with Crippen LogP contribution in [0.3, 0.4) is 0 Å². The quantitative estimate of drug-likeness (QED) is 0.682. The van der Waals surface area contributed by atoms with E-state index in [2.05, 4.69) is 5.32 Å². The van der Waals surface area contributed by atoms with Crippen LogP contribution in [-0.4, -0.2) is 11.9 Å². The van der Waals surface area contributed by atoms with Crippen molar-refractivity contribution in [3.63, 3.8) is 0 Å². The summed E-state index contributed by atoms with van der Waals surface area (Å²) in [6, 6.07) is 16.8. The molecule has 25 heavy (non-hydrogen) atoms. The van der Waals surface area contributed by atoms with Gasteiger partial charge in [0.25, 0.3) is 5.91 Å². The van der Waals surface area contributed by atoms with Crippen molar-refractivity contribution in [1.82, 2.24) is 0 Å². The largest absolute Gasteiger partial charge is 0.459 e. The van der Waals surface area contributed by atoms with Crippen LogP contribution in [-0.2, 0) is 11.3 Å². The predicted octanol–water partition coefficient (Wildman–Crippen LogP) is 4.54. The summed E-state index contributed by atoms with van der Waals surface area (Å²) in [4.78, 5) is 24.5. The lowest BCUT2D eigenvalue weighted by Crippen LogP contribution is -2.15. The van der Waals surface area contributed by atoms with Crippen molar-refractivity contribution in [2.45, 2.75) is 6.61 Å². The Balaban J connectivity index is 1.71. The second-order valence-corrected chi connectivity index (χ2v) is 5.62. The first-order valence-electron chi connectivity index (χ1n) is 7.49. The molecule has 0 atom stereocenters. The van der Waals surface area contributed by atoms with E-state index < -0.39 is 11.9 Å². The fraction of sp³-hybridized carbons (Fsp3) is 0.0526. The highest BCUT2D eigenvalue weighted by molar-refractivity contribution is 6.30. The monoisotopic (exact) mass is 355 g/mol. The molecular formula is C19H14ClNO4. The normalized spacial score (nSPS) is 10.3. The van der Waals surface area contributed by atoms with E-state index in [0.717, 1.165) is 5.56 Å². The van der Waals surface area contributed by atoms with Gasteiger partial charge in [0.1, 0.15) is 6.61 Å². The Labute approximate surface area is 149 Å². The molecule has 0 saturated heterocycles. The number of rotatable bonds is 5. The number of anilines is 1. The SMILES string of the molecule is O=C(Nc1ccccc1C(=O)OCc1cccc(Cl)c1)c1ccco1. The maximum atomic E-state index is 12.4. The molecule has 1 amide bonds. The zero-order chi connectivity index (χ0) is 17.6. The van der Waals surface area contributed by atoms with Gasteiger partial charge in [0.2, 0.25) is 0 Å². The van der Waals surface area contributed by atoms with Gasteiger partial charge < -0.3 is 14.5 Å². The summed E-state index contributed by atoms with van der Waals surface area (Å²) < 4.78 is 10.4. The molecular weight excluding hydrogens is 342 g/mol. The van der Waals surface area contributed by atoms with E-state index in [1.807, 2.05) is 6.07 Å². The van der Waals surface area contributed by atoms with Crippen LogP contribution in [0.1, 0.15) is 26.5 Å². The topological polar surface area (TPSA) is 68.5 Å². The molecule has 1 aromatic heterocycles. The number of furan rings is 1. The van der Waals surface area contributed by atoms with Crippen molar-refractivity contribution in [2.75, 3.05) is 5.32 Å². The second kappa shape index (κ2) is 7.68. The highest BCUT2D eigenvalue weighted by Gasteiger charge is 2.16. The third kappa shape index (κ3) is 4.28. The van der Waals surface area contributed by atoms with E-state index in [1.54, 1.807) is 48.5 Å². The Morgan fingerprint density at radius 3 is 2.64 bits per heavy atom. The molecule has 0 unspecified atom stereocenters. The summed E-state index contributed by atoms with van der Waals surface area (Å²) in [5.74, 6) is -0.836. The van der Waals surface area contributed by atoms with Crippen LogP contribution in [0, 0.1) is 0 Å². The number of amides is 1. The highest BCUT2D eigenvalue weighted by Crippen LogP contribution is 2.19. The Bertz CT molecular complexity index is 890. The molecule has 1 heterocycles. The van der Waals surface area contributed by atoms with E-state index in [4.69, 9.17) is 20.8 Å². The number of ether oxygens (including phenoxy) is 1. The van der Waals surface area contributed by atoms with Crippen molar-refractivity contribution in [3.05, 3.63) is 88.8 Å². The molecule has 126 valence electrons. The summed E-state index contributed by atoms with van der Waals surface area (Å²) in [6.07, 6.45) is 1.40. The first-order valence-corrected chi connectivity index (χ1v) is 7.87. The molecule has 0 saturated carbocycles. The van der Waals surface area contributed by atoms with E-state index in [0.29, 0.717) is 10.7 Å². The standard InChI is InChI=1S/C19H14ClNO4/c20-14-6-3-5-13(11-14)12-25-19(23)15-7-1-2-8-16(15)21-18(22)17-9-4-10-24-17/h1-11H,12H2,(H,21,22). The van der Waals surface area contributed by atoms with E-state index in [-0.39, 0.29) is 17.9 Å². The fourth-order valence-corrected chi connectivity index (χ4v) is 2.43. The van der Waals surface area contributed by atoms with Crippen molar-refractivity contribution in [1.29, 1.82) is 0 Å². The van der Waals surface area contributed by atoms with E-state index >= 15 is 0 Å². The summed E-state index contributed by atoms with van der Waals surface area (Å²) in [7, 11) is 0. The van der Waals surface area contributed by atoms with Crippen LogP contribution in [0.15, 0.2) is 71.3 Å². The van der Waals surface area contributed by atoms with E-state index in [1.165, 1.54) is 12.3 Å². The van der Waals surface area contributed by atoms with Crippen molar-refractivity contribution >= 4 is 29.2 Å². The highest BCUT2D eigenvalue weighted by atomic mass is 35.5. The van der Waals surface area contributed by atoms with Gasteiger partial charge in [-0.2, -0.15) is 0 Å². The molecule has 2 aromatic carbocycles. The molecule has 0 fully saturated rings. The Hall–Kier alpha value is -3.05. The van der Waals surface area contributed by atoms with Crippen LogP contribution >= 0.6 is 11.6 Å². The number of halogens is 1. The number of carbonyl (C=O) groups is 2. The average molecular weight is 356 g/mol. The molecule has 5 nitrogen and oxygen atoms in total. The second-order valence-electron chi connectivity index (χ2n) is 5.18. The molecule has 0 aliphatic heterocycles. The van der Waals surface area contributed by atoms with Gasteiger partial charge in [-0.15, -0.1) is 0 Å². The van der Waals surface area contributed by atoms with Gasteiger partial charge in [-0.25, -0.2) is 4.79 Å². The van der Waals surface area contributed by atoms with Crippen molar-refractivity contribution < 1.29 is 18.7 Å². The maximum Gasteiger partial charge on any atom is 0.340 e. The van der Waals surface area contributed by atoms with Crippen LogP contribution in [0.2, 0.25) is 5.02 Å². The number of para-hydroxylation sites is 1. The van der Waals surface area contributed by atoms with E-state index in [9.17, 15) is 9.59 Å². The zero-order valence-corrected chi connectivity index (χ0v) is 13.8. The van der Waals surface area contributed by atoms with Crippen LogP contribution < -0.4 is 5.32 Å². The van der Waals surface area contributed by atoms with Gasteiger partial charge in [0, 0.05) is 5.02 Å². The van der Waals surface area contributed by atoms with Crippen LogP contribution in [0.25, 0.3) is 0 Å². The van der Waals surface area contributed by atoms with Crippen molar-refractivity contribution in [2.24, 2.45) is 0 Å². The molecule has 3 rings (SSSR count). The van der Waals surface area contributed by atoms with Crippen LogP contribution in [0.4, 0.5) is 5.69 Å². The smallest absolute Gasteiger partial charge is 0.340 e. The number of esters is 1. The minimum Gasteiger partial charge on any atom is -0.459 e. The minimum absolute atomic E-state index is 0.0832. The Morgan fingerprint density at radius 2 is 1.88 bits per heavy atom. The summed E-state index contributed by atoms with van der Waals surface area (Å²) >= 11 is 5.91. The van der Waals surface area contributed by atoms with Gasteiger partial charge in [0.05, 0.1) is 17.5 Å². The average Bonchev–Trinajstić information content (AvgIpc) is 3.15. The van der Waals surface area contributed by atoms with Crippen molar-refractivity contribution in [3.8, 4) is 0 Å². The maximum absolute atomic E-state index is 12.4. The predicted molar refractivity (Wildman–Crippen MR) is 93.7 cm³/mol. The first kappa shape index (κ1) is 16.8. The molecule has 6 heteroatoms. The third-order valence-corrected chi connectivity index (χ3v) is 3.63. The number of benzene rings is 2. The van der Waals surface area contributed by atoms with Gasteiger partial charge in [-0.3, -0.25) is 4.79 Å². The van der Waals surface area contributed by atoms with Gasteiger partial charge in [0.15, 0.2) is 5.76 Å². The van der Waals surface area contributed by atoms with Gasteiger partial charge >= 0.3 is 5.97 Å². The lowest BCUT2D eigenvalue weighted by Gasteiger charge is -2.10. The molecule has 1 N–H and O–H groups in total.